The van der Waals surface area contributed by atoms with Gasteiger partial charge in [-0.25, -0.2) is 4.98 Å². The van der Waals surface area contributed by atoms with Crippen molar-refractivity contribution in [2.75, 3.05) is 62.8 Å². The fraction of sp³-hybridized carbons (Fsp3) is 0.560. The quantitative estimate of drug-likeness (QED) is 0.576. The monoisotopic (exact) mass is 474 g/mol. The van der Waals surface area contributed by atoms with Crippen LogP contribution in [-0.2, 0) is 11.3 Å². The topological polar surface area (TPSA) is 59.1 Å². The average Bonchev–Trinajstić information content (AvgIpc) is 2.84. The SMILES string of the molecule is CCOc1cc(CN2CCC(Nc3ccc(N4CCOCC4)nc3)CC2)cc(OCC)c1Cl. The minimum absolute atomic E-state index is 0.459. The van der Waals surface area contributed by atoms with Gasteiger partial charge in [-0.15, -0.1) is 0 Å². The molecular formula is C25H35ClN4O3. The first kappa shape index (κ1) is 23.9. The molecule has 2 aliphatic rings. The van der Waals surface area contributed by atoms with Crippen molar-refractivity contribution < 1.29 is 14.2 Å². The van der Waals surface area contributed by atoms with Crippen LogP contribution >= 0.6 is 11.6 Å². The van der Waals surface area contributed by atoms with Crippen LogP contribution in [0.4, 0.5) is 11.5 Å². The van der Waals surface area contributed by atoms with Crippen LogP contribution in [0.1, 0.15) is 32.3 Å². The molecule has 0 spiro atoms. The molecule has 0 saturated carbocycles. The molecule has 2 aliphatic heterocycles. The Kier molecular flexibility index (Phi) is 8.53. The van der Waals surface area contributed by atoms with Gasteiger partial charge in [-0.3, -0.25) is 4.90 Å². The van der Waals surface area contributed by atoms with E-state index in [1.54, 1.807) is 0 Å². The number of morpholine rings is 1. The number of ether oxygens (including phenoxy) is 3. The van der Waals surface area contributed by atoms with Crippen LogP contribution in [-0.4, -0.2) is 68.5 Å². The first-order valence-corrected chi connectivity index (χ1v) is 12.4. The minimum atomic E-state index is 0.459. The zero-order chi connectivity index (χ0) is 23.0. The molecule has 8 heteroatoms. The maximum absolute atomic E-state index is 6.45. The van der Waals surface area contributed by atoms with Gasteiger partial charge in [0.1, 0.15) is 22.3 Å². The third kappa shape index (κ3) is 6.43. The van der Waals surface area contributed by atoms with Gasteiger partial charge in [-0.1, -0.05) is 11.6 Å². The van der Waals surface area contributed by atoms with Crippen molar-refractivity contribution in [3.05, 3.63) is 41.0 Å². The van der Waals surface area contributed by atoms with E-state index >= 15 is 0 Å². The molecule has 0 bridgehead atoms. The first-order valence-electron chi connectivity index (χ1n) is 12.0. The summed E-state index contributed by atoms with van der Waals surface area (Å²) in [5, 5.41) is 4.22. The standard InChI is InChI=1S/C25H35ClN4O3/c1-3-32-22-15-19(16-23(25(22)26)33-4-2)18-29-9-7-20(8-10-29)28-21-5-6-24(27-17-21)30-11-13-31-14-12-30/h5-6,15-17,20,28H,3-4,7-14,18H2,1-2H3. The Bertz CT molecular complexity index is 855. The number of benzene rings is 1. The van der Waals surface area contributed by atoms with Gasteiger partial charge < -0.3 is 24.4 Å². The van der Waals surface area contributed by atoms with Gasteiger partial charge in [0, 0.05) is 38.8 Å². The number of rotatable bonds is 9. The van der Waals surface area contributed by atoms with E-state index in [9.17, 15) is 0 Å². The van der Waals surface area contributed by atoms with Crippen LogP contribution in [0.5, 0.6) is 11.5 Å². The van der Waals surface area contributed by atoms with Crippen molar-refractivity contribution >= 4 is 23.1 Å². The van der Waals surface area contributed by atoms with Crippen molar-refractivity contribution in [3.63, 3.8) is 0 Å². The molecule has 2 fully saturated rings. The van der Waals surface area contributed by atoms with Gasteiger partial charge in [0.2, 0.25) is 0 Å². The summed E-state index contributed by atoms with van der Waals surface area (Å²) in [6.07, 6.45) is 4.14. The van der Waals surface area contributed by atoms with Crippen molar-refractivity contribution in [1.82, 2.24) is 9.88 Å². The van der Waals surface area contributed by atoms with E-state index in [1.807, 2.05) is 32.2 Å². The van der Waals surface area contributed by atoms with Crippen LogP contribution in [0.2, 0.25) is 5.02 Å². The molecule has 4 rings (SSSR count). The predicted octanol–water partition coefficient (Wildman–Crippen LogP) is 4.45. The maximum Gasteiger partial charge on any atom is 0.141 e. The lowest BCUT2D eigenvalue weighted by molar-refractivity contribution is 0.122. The number of aromatic nitrogens is 1. The summed E-state index contributed by atoms with van der Waals surface area (Å²) in [6, 6.07) is 8.79. The molecule has 0 atom stereocenters. The van der Waals surface area contributed by atoms with Crippen molar-refractivity contribution in [1.29, 1.82) is 0 Å². The average molecular weight is 475 g/mol. The molecular weight excluding hydrogens is 440 g/mol. The first-order chi connectivity index (χ1) is 16.2. The lowest BCUT2D eigenvalue weighted by Crippen LogP contribution is -2.38. The number of halogens is 1. The van der Waals surface area contributed by atoms with E-state index in [2.05, 4.69) is 32.2 Å². The number of hydrogen-bond acceptors (Lipinski definition) is 7. The summed E-state index contributed by atoms with van der Waals surface area (Å²) < 4.78 is 16.9. The highest BCUT2D eigenvalue weighted by molar-refractivity contribution is 6.33. The molecule has 1 N–H and O–H groups in total. The van der Waals surface area contributed by atoms with Gasteiger partial charge in [0.25, 0.3) is 0 Å². The summed E-state index contributed by atoms with van der Waals surface area (Å²) in [5.74, 6) is 2.42. The zero-order valence-corrected chi connectivity index (χ0v) is 20.4. The van der Waals surface area contributed by atoms with Gasteiger partial charge in [0.15, 0.2) is 0 Å². The molecule has 1 aromatic heterocycles. The third-order valence-corrected chi connectivity index (χ3v) is 6.49. The molecule has 2 aromatic rings. The predicted molar refractivity (Wildman–Crippen MR) is 133 cm³/mol. The Labute approximate surface area is 202 Å². The highest BCUT2D eigenvalue weighted by Crippen LogP contribution is 2.36. The van der Waals surface area contributed by atoms with Crippen molar-refractivity contribution in [2.45, 2.75) is 39.3 Å². The summed E-state index contributed by atoms with van der Waals surface area (Å²) >= 11 is 6.45. The van der Waals surface area contributed by atoms with Gasteiger partial charge in [0.05, 0.1) is 38.3 Å². The molecule has 0 radical (unpaired) electrons. The third-order valence-electron chi connectivity index (χ3n) is 6.11. The van der Waals surface area contributed by atoms with E-state index in [0.717, 1.165) is 70.3 Å². The van der Waals surface area contributed by atoms with Crippen LogP contribution in [0.3, 0.4) is 0 Å². The number of pyridine rings is 1. The number of piperidine rings is 1. The molecule has 7 nitrogen and oxygen atoms in total. The Morgan fingerprint density at radius 3 is 2.27 bits per heavy atom. The van der Waals surface area contributed by atoms with E-state index in [4.69, 9.17) is 25.8 Å². The van der Waals surface area contributed by atoms with Crippen LogP contribution < -0.4 is 19.7 Å². The summed E-state index contributed by atoms with van der Waals surface area (Å²) in [4.78, 5) is 9.41. The number of nitrogens with one attached hydrogen (secondary N) is 1. The molecule has 2 saturated heterocycles. The highest BCUT2D eigenvalue weighted by atomic mass is 35.5. The second kappa shape index (κ2) is 11.8. The second-order valence-corrected chi connectivity index (χ2v) is 8.85. The second-order valence-electron chi connectivity index (χ2n) is 8.47. The molecule has 0 unspecified atom stereocenters. The molecule has 33 heavy (non-hydrogen) atoms. The smallest absolute Gasteiger partial charge is 0.141 e. The maximum atomic E-state index is 6.45. The zero-order valence-electron chi connectivity index (χ0n) is 19.7. The molecule has 0 aliphatic carbocycles. The number of nitrogens with zero attached hydrogens (tertiary/aromatic N) is 3. The van der Waals surface area contributed by atoms with Gasteiger partial charge in [-0.05, 0) is 56.5 Å². The fourth-order valence-electron chi connectivity index (χ4n) is 4.42. The molecule has 180 valence electrons. The minimum Gasteiger partial charge on any atom is -0.492 e. The van der Waals surface area contributed by atoms with Crippen molar-refractivity contribution in [3.8, 4) is 11.5 Å². The summed E-state index contributed by atoms with van der Waals surface area (Å²) in [6.45, 7) is 11.4. The Balaban J connectivity index is 1.29. The summed E-state index contributed by atoms with van der Waals surface area (Å²) in [5.41, 5.74) is 2.26. The van der Waals surface area contributed by atoms with Gasteiger partial charge >= 0.3 is 0 Å². The summed E-state index contributed by atoms with van der Waals surface area (Å²) in [7, 11) is 0. The van der Waals surface area contributed by atoms with Crippen LogP contribution in [0.25, 0.3) is 0 Å². The molecule has 0 amide bonds. The Morgan fingerprint density at radius 2 is 1.70 bits per heavy atom. The lowest BCUT2D eigenvalue weighted by Gasteiger charge is -2.33. The highest BCUT2D eigenvalue weighted by Gasteiger charge is 2.21. The largest absolute Gasteiger partial charge is 0.492 e. The molecule has 1 aromatic carbocycles. The Morgan fingerprint density at radius 1 is 1.03 bits per heavy atom. The van der Waals surface area contributed by atoms with Crippen LogP contribution in [0.15, 0.2) is 30.5 Å². The fourth-order valence-corrected chi connectivity index (χ4v) is 4.64. The number of anilines is 2. The number of hydrogen-bond donors (Lipinski definition) is 1. The van der Waals surface area contributed by atoms with E-state index < -0.39 is 0 Å². The van der Waals surface area contributed by atoms with Crippen molar-refractivity contribution in [2.24, 2.45) is 0 Å². The number of likely N-dealkylation sites (tertiary alicyclic amines) is 1. The Hall–Kier alpha value is -2.22. The molecule has 3 heterocycles. The van der Waals surface area contributed by atoms with E-state index in [-0.39, 0.29) is 0 Å². The van der Waals surface area contributed by atoms with E-state index in [1.165, 1.54) is 5.56 Å². The lowest BCUT2D eigenvalue weighted by atomic mass is 10.0. The normalized spacial score (nSPS) is 17.7. The van der Waals surface area contributed by atoms with E-state index in [0.29, 0.717) is 35.8 Å². The van der Waals surface area contributed by atoms with Gasteiger partial charge in [-0.2, -0.15) is 0 Å². The van der Waals surface area contributed by atoms with Crippen LogP contribution in [0, 0.1) is 0 Å².